The van der Waals surface area contributed by atoms with Gasteiger partial charge in [-0.2, -0.15) is 4.72 Å². The largest absolute Gasteiger partial charge is 0.241 e. The van der Waals surface area contributed by atoms with Gasteiger partial charge in [-0.05, 0) is 41.6 Å². The second kappa shape index (κ2) is 7.87. The van der Waals surface area contributed by atoms with Gasteiger partial charge in [-0.25, -0.2) is 8.42 Å². The van der Waals surface area contributed by atoms with E-state index in [0.717, 1.165) is 16.0 Å². The summed E-state index contributed by atoms with van der Waals surface area (Å²) in [6.07, 6.45) is 1.96. The number of rotatable bonds is 6. The minimum Gasteiger partial charge on any atom is -0.207 e. The molecular formula is C20H19NO2S2. The third-order valence-corrected chi connectivity index (χ3v) is 6.09. The first-order valence-electron chi connectivity index (χ1n) is 7.86. The van der Waals surface area contributed by atoms with E-state index >= 15 is 0 Å². The summed E-state index contributed by atoms with van der Waals surface area (Å²) in [5.74, 6) is 0. The molecule has 0 fully saturated rings. The van der Waals surface area contributed by atoms with Gasteiger partial charge in [0.1, 0.15) is 0 Å². The van der Waals surface area contributed by atoms with Crippen LogP contribution in [0.3, 0.4) is 0 Å². The molecule has 0 spiro atoms. The standard InChI is InChI=1S/C20H19NO2S2/c1-24-18-12-14-19(15-13-18)25(22,23)21-20(16-8-4-2-5-9-16)17-10-6-3-7-11-17/h2-15,20-21H,1H3. The van der Waals surface area contributed by atoms with E-state index in [4.69, 9.17) is 0 Å². The van der Waals surface area contributed by atoms with Crippen LogP contribution in [-0.4, -0.2) is 14.7 Å². The maximum Gasteiger partial charge on any atom is 0.241 e. The van der Waals surface area contributed by atoms with Gasteiger partial charge in [0, 0.05) is 4.90 Å². The maximum absolute atomic E-state index is 12.9. The number of hydrogen-bond acceptors (Lipinski definition) is 3. The number of hydrogen-bond donors (Lipinski definition) is 1. The van der Waals surface area contributed by atoms with E-state index in [0.29, 0.717) is 0 Å². The molecule has 0 saturated heterocycles. The van der Waals surface area contributed by atoms with E-state index in [1.54, 1.807) is 23.9 Å². The van der Waals surface area contributed by atoms with E-state index < -0.39 is 16.1 Å². The molecule has 0 aliphatic carbocycles. The molecule has 0 heterocycles. The molecule has 3 aromatic carbocycles. The molecule has 0 aromatic heterocycles. The molecule has 0 aliphatic rings. The third-order valence-electron chi connectivity index (χ3n) is 3.91. The summed E-state index contributed by atoms with van der Waals surface area (Å²) in [5.41, 5.74) is 1.80. The lowest BCUT2D eigenvalue weighted by molar-refractivity contribution is 0.572. The SMILES string of the molecule is CSc1ccc(S(=O)(=O)NC(c2ccccc2)c2ccccc2)cc1. The van der Waals surface area contributed by atoms with E-state index in [9.17, 15) is 8.42 Å². The van der Waals surface area contributed by atoms with Crippen LogP contribution >= 0.6 is 11.8 Å². The molecule has 3 nitrogen and oxygen atoms in total. The lowest BCUT2D eigenvalue weighted by Gasteiger charge is -2.20. The van der Waals surface area contributed by atoms with Gasteiger partial charge in [0.15, 0.2) is 0 Å². The zero-order chi connectivity index (χ0) is 17.7. The van der Waals surface area contributed by atoms with E-state index in [2.05, 4.69) is 4.72 Å². The zero-order valence-corrected chi connectivity index (χ0v) is 15.4. The van der Waals surface area contributed by atoms with E-state index in [1.807, 2.05) is 79.1 Å². The highest BCUT2D eigenvalue weighted by Crippen LogP contribution is 2.25. The van der Waals surface area contributed by atoms with Crippen molar-refractivity contribution in [2.45, 2.75) is 15.8 Å². The molecule has 0 radical (unpaired) electrons. The van der Waals surface area contributed by atoms with Crippen molar-refractivity contribution in [3.63, 3.8) is 0 Å². The number of benzene rings is 3. The second-order valence-electron chi connectivity index (χ2n) is 5.55. The highest BCUT2D eigenvalue weighted by molar-refractivity contribution is 7.98. The summed E-state index contributed by atoms with van der Waals surface area (Å²) >= 11 is 1.58. The van der Waals surface area contributed by atoms with Gasteiger partial charge in [-0.1, -0.05) is 60.7 Å². The number of nitrogens with one attached hydrogen (secondary N) is 1. The van der Waals surface area contributed by atoms with Gasteiger partial charge in [0.2, 0.25) is 10.0 Å². The maximum atomic E-state index is 12.9. The van der Waals surface area contributed by atoms with Crippen molar-refractivity contribution in [1.29, 1.82) is 0 Å². The predicted octanol–water partition coefficient (Wildman–Crippen LogP) is 4.48. The second-order valence-corrected chi connectivity index (χ2v) is 8.14. The molecule has 128 valence electrons. The minimum absolute atomic E-state index is 0.266. The van der Waals surface area contributed by atoms with Crippen LogP contribution in [-0.2, 0) is 10.0 Å². The molecular weight excluding hydrogens is 350 g/mol. The van der Waals surface area contributed by atoms with Crippen LogP contribution in [0.5, 0.6) is 0 Å². The fourth-order valence-corrected chi connectivity index (χ4v) is 4.22. The van der Waals surface area contributed by atoms with Gasteiger partial charge >= 0.3 is 0 Å². The fraction of sp³-hybridized carbons (Fsp3) is 0.100. The quantitative estimate of drug-likeness (QED) is 0.652. The van der Waals surface area contributed by atoms with Crippen molar-refractivity contribution >= 4 is 21.8 Å². The Bertz CT molecular complexity index is 869. The fourth-order valence-electron chi connectivity index (χ4n) is 2.60. The van der Waals surface area contributed by atoms with Crippen LogP contribution in [0.15, 0.2) is 94.7 Å². The molecule has 0 bridgehead atoms. The third kappa shape index (κ3) is 4.31. The Morgan fingerprint density at radius 3 is 1.68 bits per heavy atom. The highest BCUT2D eigenvalue weighted by Gasteiger charge is 2.22. The molecule has 1 N–H and O–H groups in total. The van der Waals surface area contributed by atoms with E-state index in [1.165, 1.54) is 0 Å². The van der Waals surface area contributed by atoms with Crippen LogP contribution in [0.4, 0.5) is 0 Å². The molecule has 0 saturated carbocycles. The minimum atomic E-state index is -3.64. The van der Waals surface area contributed by atoms with Gasteiger partial charge in [0.25, 0.3) is 0 Å². The Morgan fingerprint density at radius 2 is 1.24 bits per heavy atom. The first-order valence-corrected chi connectivity index (χ1v) is 10.6. The average Bonchev–Trinajstić information content (AvgIpc) is 2.67. The molecule has 0 amide bonds. The van der Waals surface area contributed by atoms with Crippen molar-refractivity contribution in [3.05, 3.63) is 96.1 Å². The summed E-state index contributed by atoms with van der Waals surface area (Å²) in [7, 11) is -3.64. The van der Waals surface area contributed by atoms with Crippen molar-refractivity contribution in [3.8, 4) is 0 Å². The average molecular weight is 370 g/mol. The number of sulfonamides is 1. The lowest BCUT2D eigenvalue weighted by Crippen LogP contribution is -2.29. The van der Waals surface area contributed by atoms with Gasteiger partial charge in [-0.3, -0.25) is 0 Å². The Labute approximate surface area is 153 Å². The smallest absolute Gasteiger partial charge is 0.207 e. The summed E-state index contributed by atoms with van der Waals surface area (Å²) in [6, 6.07) is 25.7. The van der Waals surface area contributed by atoms with Gasteiger partial charge in [0.05, 0.1) is 10.9 Å². The van der Waals surface area contributed by atoms with Gasteiger partial charge in [-0.15, -0.1) is 11.8 Å². The molecule has 0 atom stereocenters. The van der Waals surface area contributed by atoms with Crippen LogP contribution in [0.1, 0.15) is 17.2 Å². The van der Waals surface area contributed by atoms with Crippen LogP contribution in [0.25, 0.3) is 0 Å². The molecule has 25 heavy (non-hydrogen) atoms. The van der Waals surface area contributed by atoms with Crippen molar-refractivity contribution < 1.29 is 8.42 Å². The Morgan fingerprint density at radius 1 is 0.760 bits per heavy atom. The van der Waals surface area contributed by atoms with Crippen molar-refractivity contribution in [2.75, 3.05) is 6.26 Å². The van der Waals surface area contributed by atoms with E-state index in [-0.39, 0.29) is 4.90 Å². The van der Waals surface area contributed by atoms with Crippen LogP contribution in [0.2, 0.25) is 0 Å². The first-order chi connectivity index (χ1) is 12.1. The topological polar surface area (TPSA) is 46.2 Å². The van der Waals surface area contributed by atoms with Crippen LogP contribution in [0, 0.1) is 0 Å². The lowest BCUT2D eigenvalue weighted by atomic mass is 10.00. The summed E-state index contributed by atoms with van der Waals surface area (Å²) < 4.78 is 28.6. The highest BCUT2D eigenvalue weighted by atomic mass is 32.2. The zero-order valence-electron chi connectivity index (χ0n) is 13.8. The predicted molar refractivity (Wildman–Crippen MR) is 103 cm³/mol. The molecule has 5 heteroatoms. The van der Waals surface area contributed by atoms with Crippen molar-refractivity contribution in [1.82, 2.24) is 4.72 Å². The van der Waals surface area contributed by atoms with Crippen LogP contribution < -0.4 is 4.72 Å². The summed E-state index contributed by atoms with van der Waals surface area (Å²) in [6.45, 7) is 0. The number of thioether (sulfide) groups is 1. The normalized spacial score (nSPS) is 11.6. The summed E-state index contributed by atoms with van der Waals surface area (Å²) in [5, 5.41) is 0. The first kappa shape index (κ1) is 17.7. The molecule has 0 aliphatic heterocycles. The molecule has 0 unspecified atom stereocenters. The van der Waals surface area contributed by atoms with Gasteiger partial charge < -0.3 is 0 Å². The Kier molecular flexibility index (Phi) is 5.58. The van der Waals surface area contributed by atoms with Crippen molar-refractivity contribution in [2.24, 2.45) is 0 Å². The Balaban J connectivity index is 1.97. The molecule has 3 rings (SSSR count). The Hall–Kier alpha value is -2.08. The molecule has 3 aromatic rings. The monoisotopic (exact) mass is 369 g/mol. The summed E-state index contributed by atoms with van der Waals surface area (Å²) in [4.78, 5) is 1.30.